The van der Waals surface area contributed by atoms with Gasteiger partial charge in [-0.2, -0.15) is 4.31 Å². The summed E-state index contributed by atoms with van der Waals surface area (Å²) in [4.78, 5) is 35.4. The molecule has 0 saturated carbocycles. The Hall–Kier alpha value is -3.64. The summed E-state index contributed by atoms with van der Waals surface area (Å²) >= 11 is 0. The molecule has 1 aliphatic rings. The molecule has 2 aromatic carbocycles. The number of benzene rings is 2. The Morgan fingerprint density at radius 2 is 1.20 bits per heavy atom. The van der Waals surface area contributed by atoms with Crippen molar-refractivity contribution >= 4 is 27.9 Å². The average Bonchev–Trinajstić information content (AvgIpc) is 3.16. The van der Waals surface area contributed by atoms with Crippen molar-refractivity contribution in [3.8, 4) is 5.75 Å². The largest absolute Gasteiger partial charge is 0.491 e. The highest BCUT2D eigenvalue weighted by atomic mass is 32.2. The summed E-state index contributed by atoms with van der Waals surface area (Å²) in [6, 6.07) is 13.6. The van der Waals surface area contributed by atoms with Gasteiger partial charge in [-0.05, 0) is 81.5 Å². The fourth-order valence-corrected chi connectivity index (χ4v) is 6.75. The van der Waals surface area contributed by atoms with Crippen LogP contribution in [0.25, 0.3) is 0 Å². The summed E-state index contributed by atoms with van der Waals surface area (Å²) in [7, 11) is -2.39. The quantitative estimate of drug-likeness (QED) is 0.115. The molecule has 2 aromatic rings. The molecule has 0 bridgehead atoms. The van der Waals surface area contributed by atoms with E-state index in [0.29, 0.717) is 98.6 Å². The number of esters is 2. The predicted molar refractivity (Wildman–Crippen MR) is 198 cm³/mol. The maximum Gasteiger partial charge on any atom is 0.325 e. The lowest BCUT2D eigenvalue weighted by atomic mass is 9.90. The molecule has 1 heterocycles. The number of piperidine rings is 1. The molecule has 54 heavy (non-hydrogen) atoms. The molecule has 1 saturated heterocycles. The first-order valence-corrected chi connectivity index (χ1v) is 19.6. The first-order chi connectivity index (χ1) is 25.9. The van der Waals surface area contributed by atoms with Gasteiger partial charge in [0.1, 0.15) is 24.5 Å². The number of nitrogens with one attached hydrogen (secondary N) is 1. The Kier molecular flexibility index (Phi) is 19.9. The van der Waals surface area contributed by atoms with Gasteiger partial charge in [-0.25, -0.2) is 8.42 Å². The number of hydrogen-bond acceptors (Lipinski definition) is 13. The first kappa shape index (κ1) is 44.8. The molecule has 0 radical (unpaired) electrons. The number of carbonyl (C=O) groups excluding carboxylic acids is 3. The standard InChI is InChI=1S/C38H56N2O13S/c1-38(2,3)53-36(42)29-39-37(43)32-7-11-34(12-8-32)54(44,45)40-16-13-31(14-17-40)30-5-9-33(10-6-30)52-28-27-51-26-25-50-24-23-49-22-21-48-20-19-47-18-15-35(41)46-4/h5-12,31H,13-29H2,1-4H3,(H,39,43). The van der Waals surface area contributed by atoms with Gasteiger partial charge in [0.2, 0.25) is 10.0 Å². The van der Waals surface area contributed by atoms with Gasteiger partial charge in [0, 0.05) is 18.7 Å². The SMILES string of the molecule is COC(=O)CCOCCOCCOCCOCCOCCOc1ccc(C2CCN(S(=O)(=O)c3ccc(C(=O)NCC(=O)OC(C)(C)C)cc3)CC2)cc1. The molecule has 1 amide bonds. The second-order valence-electron chi connectivity index (χ2n) is 13.3. The molecule has 0 aliphatic carbocycles. The number of hydrogen-bond donors (Lipinski definition) is 1. The third-order valence-corrected chi connectivity index (χ3v) is 9.95. The molecule has 1 aliphatic heterocycles. The fourth-order valence-electron chi connectivity index (χ4n) is 5.28. The number of sulfonamides is 1. The predicted octanol–water partition coefficient (Wildman–Crippen LogP) is 3.35. The first-order valence-electron chi connectivity index (χ1n) is 18.2. The second-order valence-corrected chi connectivity index (χ2v) is 15.2. The molecule has 0 atom stereocenters. The van der Waals surface area contributed by atoms with Crippen LogP contribution in [0.4, 0.5) is 0 Å². The summed E-state index contributed by atoms with van der Waals surface area (Å²) in [5, 5.41) is 2.50. The minimum Gasteiger partial charge on any atom is -0.491 e. The zero-order valence-electron chi connectivity index (χ0n) is 31.9. The van der Waals surface area contributed by atoms with Crippen LogP contribution in [-0.4, -0.2) is 136 Å². The van der Waals surface area contributed by atoms with Crippen LogP contribution in [0.15, 0.2) is 53.4 Å². The van der Waals surface area contributed by atoms with E-state index in [4.69, 9.17) is 33.2 Å². The van der Waals surface area contributed by atoms with Crippen molar-refractivity contribution in [3.05, 3.63) is 59.7 Å². The third kappa shape index (κ3) is 17.2. The van der Waals surface area contributed by atoms with Crippen molar-refractivity contribution < 1.29 is 60.7 Å². The highest BCUT2D eigenvalue weighted by Crippen LogP contribution is 2.31. The number of methoxy groups -OCH3 is 1. The minimum atomic E-state index is -3.73. The van der Waals surface area contributed by atoms with Crippen molar-refractivity contribution in [1.82, 2.24) is 9.62 Å². The van der Waals surface area contributed by atoms with Gasteiger partial charge >= 0.3 is 11.9 Å². The van der Waals surface area contributed by atoms with Crippen molar-refractivity contribution in [2.45, 2.75) is 56.4 Å². The van der Waals surface area contributed by atoms with Crippen LogP contribution in [0.1, 0.15) is 61.9 Å². The van der Waals surface area contributed by atoms with Gasteiger partial charge in [-0.3, -0.25) is 14.4 Å². The van der Waals surface area contributed by atoms with Crippen LogP contribution in [-0.2, 0) is 52.8 Å². The van der Waals surface area contributed by atoms with Gasteiger partial charge in [0.25, 0.3) is 5.91 Å². The summed E-state index contributed by atoms with van der Waals surface area (Å²) in [6.07, 6.45) is 1.59. The van der Waals surface area contributed by atoms with E-state index in [1.807, 2.05) is 24.3 Å². The number of carbonyl (C=O) groups is 3. The molecule has 0 unspecified atom stereocenters. The monoisotopic (exact) mass is 780 g/mol. The number of amides is 1. The van der Waals surface area contributed by atoms with Gasteiger partial charge in [0.05, 0.1) is 84.5 Å². The zero-order chi connectivity index (χ0) is 39.2. The summed E-state index contributed by atoms with van der Waals surface area (Å²) in [5.41, 5.74) is 0.713. The minimum absolute atomic E-state index is 0.112. The van der Waals surface area contributed by atoms with E-state index in [0.717, 1.165) is 11.3 Å². The number of rotatable bonds is 25. The van der Waals surface area contributed by atoms with E-state index in [-0.39, 0.29) is 35.3 Å². The van der Waals surface area contributed by atoms with Crippen LogP contribution < -0.4 is 10.1 Å². The Balaban J connectivity index is 1.22. The van der Waals surface area contributed by atoms with Crippen LogP contribution >= 0.6 is 0 Å². The zero-order valence-corrected chi connectivity index (χ0v) is 32.7. The van der Waals surface area contributed by atoms with E-state index in [2.05, 4.69) is 10.1 Å². The topological polar surface area (TPSA) is 174 Å². The highest BCUT2D eigenvalue weighted by molar-refractivity contribution is 7.89. The van der Waals surface area contributed by atoms with E-state index in [1.54, 1.807) is 20.8 Å². The normalized spacial score (nSPS) is 14.1. The van der Waals surface area contributed by atoms with Crippen molar-refractivity contribution in [2.24, 2.45) is 0 Å². The van der Waals surface area contributed by atoms with Crippen LogP contribution in [0, 0.1) is 0 Å². The Morgan fingerprint density at radius 1 is 0.704 bits per heavy atom. The van der Waals surface area contributed by atoms with Crippen molar-refractivity contribution in [2.75, 3.05) is 99.4 Å². The molecule has 16 heteroatoms. The summed E-state index contributed by atoms with van der Waals surface area (Å²) in [6.45, 7) is 10.3. The molecule has 1 N–H and O–H groups in total. The molecule has 3 rings (SSSR count). The van der Waals surface area contributed by atoms with Crippen molar-refractivity contribution in [3.63, 3.8) is 0 Å². The van der Waals surface area contributed by atoms with Gasteiger partial charge in [-0.15, -0.1) is 0 Å². The van der Waals surface area contributed by atoms with Gasteiger partial charge in [0.15, 0.2) is 0 Å². The van der Waals surface area contributed by atoms with E-state index in [1.165, 1.54) is 35.7 Å². The van der Waals surface area contributed by atoms with E-state index in [9.17, 15) is 22.8 Å². The second kappa shape index (κ2) is 24.0. The van der Waals surface area contributed by atoms with Crippen LogP contribution in [0.3, 0.4) is 0 Å². The smallest absolute Gasteiger partial charge is 0.325 e. The molecular formula is C38H56N2O13S. The van der Waals surface area contributed by atoms with E-state index >= 15 is 0 Å². The maximum absolute atomic E-state index is 13.3. The molecule has 302 valence electrons. The maximum atomic E-state index is 13.3. The van der Waals surface area contributed by atoms with Crippen LogP contribution in [0.2, 0.25) is 0 Å². The Bertz CT molecular complexity index is 1510. The highest BCUT2D eigenvalue weighted by Gasteiger charge is 2.30. The summed E-state index contributed by atoms with van der Waals surface area (Å²) in [5.74, 6) is -0.402. The molecule has 0 aromatic heterocycles. The Morgan fingerprint density at radius 3 is 1.70 bits per heavy atom. The molecule has 1 fully saturated rings. The van der Waals surface area contributed by atoms with Gasteiger partial charge in [-0.1, -0.05) is 12.1 Å². The summed E-state index contributed by atoms with van der Waals surface area (Å²) < 4.78 is 70.8. The Labute approximate surface area is 318 Å². The number of ether oxygens (including phenoxy) is 8. The fraction of sp³-hybridized carbons (Fsp3) is 0.605. The molecule has 0 spiro atoms. The third-order valence-electron chi connectivity index (χ3n) is 8.04. The lowest BCUT2D eigenvalue weighted by Crippen LogP contribution is -2.38. The molecule has 15 nitrogen and oxygen atoms in total. The van der Waals surface area contributed by atoms with Gasteiger partial charge < -0.3 is 43.2 Å². The average molecular weight is 781 g/mol. The van der Waals surface area contributed by atoms with E-state index < -0.39 is 27.5 Å². The lowest BCUT2D eigenvalue weighted by Gasteiger charge is -2.31. The van der Waals surface area contributed by atoms with Crippen molar-refractivity contribution in [1.29, 1.82) is 0 Å². The van der Waals surface area contributed by atoms with Crippen LogP contribution in [0.5, 0.6) is 5.75 Å². The lowest BCUT2D eigenvalue weighted by molar-refractivity contribution is -0.153. The number of nitrogens with zero attached hydrogens (tertiary/aromatic N) is 1. The molecular weight excluding hydrogens is 724 g/mol.